The Balaban J connectivity index is 1.85. The maximum Gasteiger partial charge on any atom is 0.226 e. The molecule has 0 bridgehead atoms. The van der Waals surface area contributed by atoms with Crippen LogP contribution in [0.1, 0.15) is 0 Å². The first-order valence-electron chi connectivity index (χ1n) is 6.76. The summed E-state index contributed by atoms with van der Waals surface area (Å²) in [4.78, 5) is 4.36. The number of hydrogen-bond donors (Lipinski definition) is 0. The first kappa shape index (κ1) is 11.9. The first-order chi connectivity index (χ1) is 10.3. The van der Waals surface area contributed by atoms with Gasteiger partial charge in [-0.2, -0.15) is 5.10 Å². The second kappa shape index (κ2) is 4.59. The molecule has 0 saturated carbocycles. The third kappa shape index (κ3) is 1.92. The van der Waals surface area contributed by atoms with Gasteiger partial charge in [-0.25, -0.2) is 4.98 Å². The topological polar surface area (TPSA) is 43.9 Å². The second-order valence-electron chi connectivity index (χ2n) is 4.89. The average Bonchev–Trinajstić information content (AvgIpc) is 3.14. The highest BCUT2D eigenvalue weighted by Crippen LogP contribution is 2.30. The van der Waals surface area contributed by atoms with E-state index in [1.807, 2.05) is 66.3 Å². The molecule has 0 saturated heterocycles. The maximum atomic E-state index is 5.89. The molecule has 0 atom stereocenters. The van der Waals surface area contributed by atoms with Crippen molar-refractivity contribution in [3.63, 3.8) is 0 Å². The van der Waals surface area contributed by atoms with E-state index in [4.69, 9.17) is 4.42 Å². The van der Waals surface area contributed by atoms with E-state index in [1.54, 1.807) is 6.20 Å². The van der Waals surface area contributed by atoms with Gasteiger partial charge in [0.2, 0.25) is 5.89 Å². The molecule has 0 spiro atoms. The molecule has 0 aliphatic rings. The van der Waals surface area contributed by atoms with Crippen LogP contribution in [0.15, 0.2) is 65.2 Å². The van der Waals surface area contributed by atoms with Gasteiger partial charge in [0, 0.05) is 18.0 Å². The van der Waals surface area contributed by atoms with Crippen molar-refractivity contribution in [1.29, 1.82) is 0 Å². The van der Waals surface area contributed by atoms with E-state index in [1.165, 1.54) is 0 Å². The van der Waals surface area contributed by atoms with Gasteiger partial charge in [-0.3, -0.25) is 4.68 Å². The minimum atomic E-state index is 0.611. The van der Waals surface area contributed by atoms with Crippen molar-refractivity contribution in [2.75, 3.05) is 0 Å². The van der Waals surface area contributed by atoms with Crippen LogP contribution in [-0.2, 0) is 7.05 Å². The Morgan fingerprint density at radius 2 is 1.71 bits per heavy atom. The molecule has 0 aliphatic heterocycles. The van der Waals surface area contributed by atoms with Crippen molar-refractivity contribution in [3.05, 3.63) is 60.8 Å². The number of benzene rings is 2. The minimum absolute atomic E-state index is 0.611. The van der Waals surface area contributed by atoms with Gasteiger partial charge >= 0.3 is 0 Å². The van der Waals surface area contributed by atoms with Gasteiger partial charge in [0.1, 0.15) is 5.69 Å². The summed E-state index contributed by atoms with van der Waals surface area (Å²) < 4.78 is 7.75. The van der Waals surface area contributed by atoms with Crippen LogP contribution in [0.4, 0.5) is 0 Å². The zero-order chi connectivity index (χ0) is 14.2. The quantitative estimate of drug-likeness (QED) is 0.557. The van der Waals surface area contributed by atoms with Crippen LogP contribution < -0.4 is 0 Å². The van der Waals surface area contributed by atoms with Crippen molar-refractivity contribution in [2.24, 2.45) is 7.05 Å². The van der Waals surface area contributed by atoms with Crippen molar-refractivity contribution in [3.8, 4) is 22.9 Å². The van der Waals surface area contributed by atoms with Gasteiger partial charge in [-0.05, 0) is 18.2 Å². The van der Waals surface area contributed by atoms with E-state index in [2.05, 4.69) is 10.1 Å². The molecule has 4 nitrogen and oxygen atoms in total. The third-order valence-electron chi connectivity index (χ3n) is 3.52. The van der Waals surface area contributed by atoms with Crippen LogP contribution in [0.5, 0.6) is 0 Å². The normalized spacial score (nSPS) is 11.1. The molecule has 4 heteroatoms. The Hall–Kier alpha value is -2.88. The molecular formula is C17H13N3O. The largest absolute Gasteiger partial charge is 0.434 e. The summed E-state index contributed by atoms with van der Waals surface area (Å²) >= 11 is 0. The molecule has 4 aromatic rings. The fraction of sp³-hybridized carbons (Fsp3) is 0.0588. The first-order valence-corrected chi connectivity index (χ1v) is 6.76. The van der Waals surface area contributed by atoms with Gasteiger partial charge < -0.3 is 4.42 Å². The monoisotopic (exact) mass is 275 g/mol. The summed E-state index contributed by atoms with van der Waals surface area (Å²) in [6.07, 6.45) is 1.73. The van der Waals surface area contributed by atoms with Crippen molar-refractivity contribution in [2.45, 2.75) is 0 Å². The molecule has 0 fully saturated rings. The molecule has 0 unspecified atom stereocenters. The fourth-order valence-electron chi connectivity index (χ4n) is 2.49. The molecule has 2 aromatic carbocycles. The van der Waals surface area contributed by atoms with Crippen LogP contribution in [0, 0.1) is 0 Å². The number of nitrogens with zero attached hydrogens (tertiary/aromatic N) is 3. The molecule has 2 aromatic heterocycles. The lowest BCUT2D eigenvalue weighted by molar-refractivity contribution is 0.585. The van der Waals surface area contributed by atoms with Crippen LogP contribution in [-0.4, -0.2) is 14.8 Å². The molecule has 0 amide bonds. The summed E-state index contributed by atoms with van der Waals surface area (Å²) in [5, 5.41) is 5.62. The third-order valence-corrected chi connectivity index (χ3v) is 3.52. The minimum Gasteiger partial charge on any atom is -0.434 e. The lowest BCUT2D eigenvalue weighted by Crippen LogP contribution is -1.88. The van der Waals surface area contributed by atoms with Crippen LogP contribution >= 0.6 is 0 Å². The van der Waals surface area contributed by atoms with E-state index in [9.17, 15) is 0 Å². The predicted octanol–water partition coefficient (Wildman–Crippen LogP) is 3.90. The van der Waals surface area contributed by atoms with Gasteiger partial charge in [0.25, 0.3) is 0 Å². The second-order valence-corrected chi connectivity index (χ2v) is 4.89. The number of oxazole rings is 1. The van der Waals surface area contributed by atoms with E-state index >= 15 is 0 Å². The highest BCUT2D eigenvalue weighted by molar-refractivity contribution is 5.91. The Kier molecular flexibility index (Phi) is 2.60. The van der Waals surface area contributed by atoms with Gasteiger partial charge in [0.05, 0.1) is 11.7 Å². The Bertz CT molecular complexity index is 906. The van der Waals surface area contributed by atoms with Crippen molar-refractivity contribution < 1.29 is 4.42 Å². The number of aryl methyl sites for hydroxylation is 1. The smallest absolute Gasteiger partial charge is 0.226 e. The highest BCUT2D eigenvalue weighted by Gasteiger charge is 2.15. The Labute approximate surface area is 121 Å². The average molecular weight is 275 g/mol. The SMILES string of the molecule is Cn1nc(-c2cnc(-c3ccccc3)o2)c2ccccc21. The number of aromatic nitrogens is 3. The van der Waals surface area contributed by atoms with Gasteiger partial charge in [-0.15, -0.1) is 0 Å². The fourth-order valence-corrected chi connectivity index (χ4v) is 2.49. The van der Waals surface area contributed by atoms with E-state index < -0.39 is 0 Å². The molecule has 2 heterocycles. The molecule has 4 rings (SSSR count). The van der Waals surface area contributed by atoms with E-state index in [0.29, 0.717) is 11.7 Å². The molecule has 0 aliphatic carbocycles. The zero-order valence-corrected chi connectivity index (χ0v) is 11.5. The summed E-state index contributed by atoms with van der Waals surface area (Å²) in [6.45, 7) is 0. The summed E-state index contributed by atoms with van der Waals surface area (Å²) in [5.74, 6) is 1.30. The lowest BCUT2D eigenvalue weighted by Gasteiger charge is -1.94. The molecule has 0 radical (unpaired) electrons. The molecule has 0 N–H and O–H groups in total. The van der Waals surface area contributed by atoms with Crippen LogP contribution in [0.2, 0.25) is 0 Å². The molecular weight excluding hydrogens is 262 g/mol. The summed E-state index contributed by atoms with van der Waals surface area (Å²) in [5.41, 5.74) is 2.86. The van der Waals surface area contributed by atoms with Gasteiger partial charge in [-0.1, -0.05) is 36.4 Å². The van der Waals surface area contributed by atoms with Crippen LogP contribution in [0.25, 0.3) is 33.8 Å². The highest BCUT2D eigenvalue weighted by atomic mass is 16.4. The number of para-hydroxylation sites is 1. The Morgan fingerprint density at radius 3 is 2.57 bits per heavy atom. The lowest BCUT2D eigenvalue weighted by atomic mass is 10.2. The van der Waals surface area contributed by atoms with Crippen LogP contribution in [0.3, 0.4) is 0 Å². The number of rotatable bonds is 2. The van der Waals surface area contributed by atoms with Crippen molar-refractivity contribution >= 4 is 10.9 Å². The standard InChI is InChI=1S/C17H13N3O/c1-20-14-10-6-5-9-13(14)16(19-20)15-11-18-17(21-15)12-7-3-2-4-8-12/h2-11H,1H3. The maximum absolute atomic E-state index is 5.89. The predicted molar refractivity (Wildman–Crippen MR) is 81.6 cm³/mol. The Morgan fingerprint density at radius 1 is 0.952 bits per heavy atom. The number of fused-ring (bicyclic) bond motifs is 1. The summed E-state index contributed by atoms with van der Waals surface area (Å²) in [6, 6.07) is 18.0. The summed E-state index contributed by atoms with van der Waals surface area (Å²) in [7, 11) is 1.93. The van der Waals surface area contributed by atoms with Crippen molar-refractivity contribution in [1.82, 2.24) is 14.8 Å². The molecule has 21 heavy (non-hydrogen) atoms. The molecule has 102 valence electrons. The van der Waals surface area contributed by atoms with Gasteiger partial charge in [0.15, 0.2) is 5.76 Å². The number of hydrogen-bond acceptors (Lipinski definition) is 3. The zero-order valence-electron chi connectivity index (χ0n) is 11.5. The van der Waals surface area contributed by atoms with E-state index in [-0.39, 0.29) is 0 Å². The van der Waals surface area contributed by atoms with E-state index in [0.717, 1.165) is 22.2 Å².